The molecule has 0 spiro atoms. The van der Waals surface area contributed by atoms with Gasteiger partial charge in [-0.1, -0.05) is 88.3 Å². The van der Waals surface area contributed by atoms with E-state index < -0.39 is 102 Å². The van der Waals surface area contributed by atoms with E-state index >= 15 is 0 Å². The summed E-state index contributed by atoms with van der Waals surface area (Å²) in [4.78, 5) is 136. The summed E-state index contributed by atoms with van der Waals surface area (Å²) in [6, 6.07) is 7.66. The Labute approximate surface area is 399 Å². The number of nitrogens with two attached hydrogens (primary N) is 1. The van der Waals surface area contributed by atoms with Crippen molar-refractivity contribution in [2.24, 2.45) is 22.7 Å². The van der Waals surface area contributed by atoms with Crippen LogP contribution in [-0.4, -0.2) is 142 Å². The Hall–Kier alpha value is -6.84. The van der Waals surface area contributed by atoms with Gasteiger partial charge in [0.1, 0.15) is 24.2 Å². The highest BCUT2D eigenvalue weighted by atomic mass is 32.2. The van der Waals surface area contributed by atoms with Crippen LogP contribution in [0.15, 0.2) is 66.0 Å². The number of likely N-dealkylation sites (N-methyl/N-ethyl adjacent to an activating group) is 1. The SMILES string of the molecule is CCCN(C(=O)N[C@@H](Cc1c[nH]c2ccccc12)C(=O)NCC(=O)N[C@@H](CC(C)C)C(=O)NCCSCC(N)=O)C(=O)[C@H](CC(=O)O)NC(=O)[C@H](Cc1ccccc1)N(C)C(=O)[C@@H](N=O)C(C)C. The number of H-pyrrole nitrogens is 1. The number of carboxylic acids is 1. The number of aromatic amines is 1. The van der Waals surface area contributed by atoms with Gasteiger partial charge in [0.25, 0.3) is 11.8 Å². The standard InChI is InChI=1S/C46H64N10O11S/c1-7-18-56(44(64)35(23-39(59)60)52-43(63)36(21-29-13-9-8-10-14-29)55(6)45(65)40(54-67)28(4)5)46(66)53-34(22-30-24-49-32-16-12-11-15-31(30)32)42(62)50-25-38(58)51-33(20-27(2)3)41(61)48-17-19-68-26-37(47)57/h8-16,24,27-28,33-36,40,49H,7,17-23,25-26H2,1-6H3,(H2,47,57)(H,48,61)(H,50,62)(H,51,58)(H,52,63)(H,53,66)(H,59,60)/t33-,34-,35-,36-,40-/m0/s1. The van der Waals surface area contributed by atoms with E-state index in [4.69, 9.17) is 5.73 Å². The van der Waals surface area contributed by atoms with Crippen molar-refractivity contribution in [3.05, 3.63) is 76.8 Å². The topological polar surface area (TPSA) is 312 Å². The van der Waals surface area contributed by atoms with E-state index in [-0.39, 0.29) is 50.4 Å². The van der Waals surface area contributed by atoms with E-state index in [0.29, 0.717) is 21.8 Å². The molecule has 0 saturated heterocycles. The number of hydrogen-bond acceptors (Lipinski definition) is 12. The number of carbonyl (C=O) groups excluding carboxylic acids is 8. The fourth-order valence-corrected chi connectivity index (χ4v) is 7.75. The molecule has 0 radical (unpaired) electrons. The Morgan fingerprint density at radius 2 is 1.47 bits per heavy atom. The summed E-state index contributed by atoms with van der Waals surface area (Å²) in [7, 11) is 1.29. The van der Waals surface area contributed by atoms with Crippen molar-refractivity contribution >= 4 is 76.0 Å². The lowest BCUT2D eigenvalue weighted by atomic mass is 9.99. The van der Waals surface area contributed by atoms with Crippen LogP contribution >= 0.6 is 11.8 Å². The number of hydrogen-bond donors (Lipinski definition) is 8. The second-order valence-corrected chi connectivity index (χ2v) is 18.0. The van der Waals surface area contributed by atoms with Gasteiger partial charge >= 0.3 is 12.0 Å². The number of rotatable bonds is 28. The molecule has 0 aliphatic carbocycles. The number of benzene rings is 2. The summed E-state index contributed by atoms with van der Waals surface area (Å²) < 4.78 is 0. The van der Waals surface area contributed by atoms with Gasteiger partial charge in [0.15, 0.2) is 6.04 Å². The molecule has 2 aromatic carbocycles. The normalized spacial score (nSPS) is 13.3. The summed E-state index contributed by atoms with van der Waals surface area (Å²) in [6.45, 7) is 7.90. The molecule has 22 heteroatoms. The summed E-state index contributed by atoms with van der Waals surface area (Å²) >= 11 is 1.24. The summed E-state index contributed by atoms with van der Waals surface area (Å²) in [5.41, 5.74) is 7.08. The monoisotopic (exact) mass is 964 g/mol. The van der Waals surface area contributed by atoms with Crippen LogP contribution in [0.4, 0.5) is 4.79 Å². The first-order valence-electron chi connectivity index (χ1n) is 22.3. The van der Waals surface area contributed by atoms with Gasteiger partial charge in [0, 0.05) is 55.8 Å². The van der Waals surface area contributed by atoms with E-state index in [1.54, 1.807) is 81.6 Å². The molecule has 5 atom stereocenters. The summed E-state index contributed by atoms with van der Waals surface area (Å²) in [5, 5.41) is 26.5. The van der Waals surface area contributed by atoms with Gasteiger partial charge in [-0.15, -0.1) is 4.91 Å². The highest BCUT2D eigenvalue weighted by molar-refractivity contribution is 7.99. The van der Waals surface area contributed by atoms with E-state index in [1.807, 2.05) is 13.8 Å². The van der Waals surface area contributed by atoms with Gasteiger partial charge in [-0.3, -0.25) is 43.3 Å². The predicted octanol–water partition coefficient (Wildman–Crippen LogP) is 1.83. The van der Waals surface area contributed by atoms with Crippen LogP contribution in [-0.2, 0) is 51.2 Å². The number of nitroso groups, excluding NO2 is 1. The quantitative estimate of drug-likeness (QED) is 0.0382. The van der Waals surface area contributed by atoms with Crippen LogP contribution in [0.5, 0.6) is 0 Å². The first-order valence-corrected chi connectivity index (χ1v) is 23.5. The lowest BCUT2D eigenvalue weighted by Gasteiger charge is -2.32. The van der Waals surface area contributed by atoms with Crippen molar-refractivity contribution in [2.75, 3.05) is 38.2 Å². The van der Waals surface area contributed by atoms with E-state index in [1.165, 1.54) is 18.8 Å². The number of carboxylic acid groups (broad SMARTS) is 1. The maximum Gasteiger partial charge on any atom is 0.324 e. The number of imide groups is 1. The molecule has 0 aliphatic heterocycles. The van der Waals surface area contributed by atoms with Crippen molar-refractivity contribution < 1.29 is 48.3 Å². The van der Waals surface area contributed by atoms with Gasteiger partial charge in [0.2, 0.25) is 29.5 Å². The number of thioether (sulfide) groups is 1. The van der Waals surface area contributed by atoms with Crippen LogP contribution in [0, 0.1) is 16.7 Å². The van der Waals surface area contributed by atoms with Crippen molar-refractivity contribution in [1.82, 2.24) is 41.4 Å². The molecular formula is C46H64N10O11S. The second kappa shape index (κ2) is 27.7. The minimum absolute atomic E-state index is 0.0115. The van der Waals surface area contributed by atoms with Gasteiger partial charge in [-0.25, -0.2) is 4.79 Å². The predicted molar refractivity (Wildman–Crippen MR) is 256 cm³/mol. The maximum atomic E-state index is 14.3. The molecule has 9 N–H and O–H groups in total. The fraction of sp³-hybridized carbons (Fsp3) is 0.500. The first-order chi connectivity index (χ1) is 32.3. The largest absolute Gasteiger partial charge is 0.481 e. The van der Waals surface area contributed by atoms with Crippen molar-refractivity contribution in [3.8, 4) is 0 Å². The van der Waals surface area contributed by atoms with Gasteiger partial charge in [0.05, 0.1) is 18.7 Å². The van der Waals surface area contributed by atoms with E-state index in [2.05, 4.69) is 36.7 Å². The smallest absolute Gasteiger partial charge is 0.324 e. The number of aromatic nitrogens is 1. The van der Waals surface area contributed by atoms with Gasteiger partial charge < -0.3 is 47.3 Å². The molecule has 1 heterocycles. The second-order valence-electron chi connectivity index (χ2n) is 16.9. The lowest BCUT2D eigenvalue weighted by Crippen LogP contribution is -2.60. The number of primary amides is 1. The fourth-order valence-electron chi connectivity index (χ4n) is 7.16. The third kappa shape index (κ3) is 17.4. The maximum absolute atomic E-state index is 14.3. The molecule has 0 bridgehead atoms. The van der Waals surface area contributed by atoms with Crippen LogP contribution < -0.4 is 32.3 Å². The number of urea groups is 1. The van der Waals surface area contributed by atoms with Crippen LogP contribution in [0.2, 0.25) is 0 Å². The first kappa shape index (κ1) is 55.5. The molecule has 3 aromatic rings. The molecule has 370 valence electrons. The van der Waals surface area contributed by atoms with E-state index in [9.17, 15) is 53.2 Å². The molecule has 21 nitrogen and oxygen atoms in total. The molecule has 3 rings (SSSR count). The molecule has 68 heavy (non-hydrogen) atoms. The Bertz CT molecular complexity index is 2240. The highest BCUT2D eigenvalue weighted by Gasteiger charge is 2.38. The van der Waals surface area contributed by atoms with Crippen molar-refractivity contribution in [2.45, 2.75) is 96.9 Å². The Morgan fingerprint density at radius 3 is 2.09 bits per heavy atom. The number of nitrogens with one attached hydrogen (secondary N) is 6. The minimum Gasteiger partial charge on any atom is -0.481 e. The number of carbonyl (C=O) groups is 9. The lowest BCUT2D eigenvalue weighted by molar-refractivity contribution is -0.145. The summed E-state index contributed by atoms with van der Waals surface area (Å²) in [6.07, 6.45) is 0.860. The minimum atomic E-state index is -1.85. The van der Waals surface area contributed by atoms with Crippen molar-refractivity contribution in [3.63, 3.8) is 0 Å². The number of fused-ring (bicyclic) bond motifs is 1. The Morgan fingerprint density at radius 1 is 0.809 bits per heavy atom. The number of aliphatic carboxylic acids is 1. The van der Waals surface area contributed by atoms with Gasteiger partial charge in [-0.2, -0.15) is 11.8 Å². The molecule has 0 unspecified atom stereocenters. The molecular weight excluding hydrogens is 901 g/mol. The third-order valence-electron chi connectivity index (χ3n) is 10.6. The molecule has 1 aromatic heterocycles. The number of para-hydroxylation sites is 1. The number of nitrogens with zero attached hydrogens (tertiary/aromatic N) is 3. The zero-order valence-corrected chi connectivity index (χ0v) is 40.1. The van der Waals surface area contributed by atoms with Crippen molar-refractivity contribution in [1.29, 1.82) is 0 Å². The third-order valence-corrected chi connectivity index (χ3v) is 11.6. The Kier molecular flexibility index (Phi) is 22.6. The molecule has 0 saturated carbocycles. The Balaban J connectivity index is 1.89. The number of amides is 9. The highest BCUT2D eigenvalue weighted by Crippen LogP contribution is 2.20. The zero-order valence-electron chi connectivity index (χ0n) is 39.2. The average Bonchev–Trinajstić information content (AvgIpc) is 3.70. The molecule has 9 amide bonds. The average molecular weight is 965 g/mol. The van der Waals surface area contributed by atoms with Crippen LogP contribution in [0.25, 0.3) is 10.9 Å². The van der Waals surface area contributed by atoms with Crippen LogP contribution in [0.1, 0.15) is 65.0 Å². The van der Waals surface area contributed by atoms with Crippen LogP contribution in [0.3, 0.4) is 0 Å². The summed E-state index contributed by atoms with van der Waals surface area (Å²) in [5.74, 6) is -6.92. The van der Waals surface area contributed by atoms with Gasteiger partial charge in [-0.05, 0) is 41.9 Å². The molecule has 0 aliphatic rings. The zero-order chi connectivity index (χ0) is 50.5. The van der Waals surface area contributed by atoms with E-state index in [0.717, 1.165) is 15.8 Å². The molecule has 0 fully saturated rings.